The monoisotopic (exact) mass is 396 g/mol. The standard InChI is InChI=1S/C18H28N4O6/c1-3-4-9-19-16(26)20-13(23)11-28-14(24)10-22-15(25)18(21-17(22)27)8-6-5-7-12(18)2/h12H,3-11H2,1-2H3,(H,21,27)(H2,19,20,23,26). The Kier molecular flexibility index (Phi) is 7.36. The van der Waals surface area contributed by atoms with Gasteiger partial charge >= 0.3 is 18.0 Å². The van der Waals surface area contributed by atoms with E-state index in [0.717, 1.165) is 37.0 Å². The number of urea groups is 2. The van der Waals surface area contributed by atoms with Crippen LogP contribution in [0, 0.1) is 5.92 Å². The van der Waals surface area contributed by atoms with E-state index in [1.165, 1.54) is 0 Å². The molecule has 0 bridgehead atoms. The fraction of sp³-hybridized carbons (Fsp3) is 0.722. The molecule has 0 aromatic heterocycles. The van der Waals surface area contributed by atoms with E-state index in [1.54, 1.807) is 0 Å². The van der Waals surface area contributed by atoms with Crippen LogP contribution in [0.5, 0.6) is 0 Å². The van der Waals surface area contributed by atoms with Crippen LogP contribution >= 0.6 is 0 Å². The molecule has 0 aromatic carbocycles. The summed E-state index contributed by atoms with van der Waals surface area (Å²) in [6.45, 7) is 3.06. The van der Waals surface area contributed by atoms with Crippen molar-refractivity contribution in [3.05, 3.63) is 0 Å². The first-order valence-corrected chi connectivity index (χ1v) is 9.67. The van der Waals surface area contributed by atoms with Crippen molar-refractivity contribution in [1.29, 1.82) is 0 Å². The summed E-state index contributed by atoms with van der Waals surface area (Å²) in [6, 6.07) is -1.30. The molecule has 2 rings (SSSR count). The Morgan fingerprint density at radius 2 is 2.04 bits per heavy atom. The Labute approximate surface area is 163 Å². The average molecular weight is 396 g/mol. The number of nitrogens with zero attached hydrogens (tertiary/aromatic N) is 1. The number of esters is 1. The van der Waals surface area contributed by atoms with Gasteiger partial charge < -0.3 is 15.4 Å². The summed E-state index contributed by atoms with van der Waals surface area (Å²) in [6.07, 6.45) is 4.87. The summed E-state index contributed by atoms with van der Waals surface area (Å²) >= 11 is 0. The smallest absolute Gasteiger partial charge is 0.326 e. The number of nitrogens with one attached hydrogen (secondary N) is 3. The van der Waals surface area contributed by atoms with Crippen LogP contribution in [0.4, 0.5) is 9.59 Å². The molecular weight excluding hydrogens is 368 g/mol. The highest BCUT2D eigenvalue weighted by atomic mass is 16.5. The van der Waals surface area contributed by atoms with Crippen molar-refractivity contribution in [2.24, 2.45) is 5.92 Å². The van der Waals surface area contributed by atoms with Crippen molar-refractivity contribution >= 4 is 29.8 Å². The van der Waals surface area contributed by atoms with Crippen molar-refractivity contribution in [2.45, 2.75) is 57.9 Å². The van der Waals surface area contributed by atoms with Crippen LogP contribution in [0.25, 0.3) is 0 Å². The molecule has 0 radical (unpaired) electrons. The summed E-state index contributed by atoms with van der Waals surface area (Å²) < 4.78 is 4.79. The van der Waals surface area contributed by atoms with Gasteiger partial charge in [0.25, 0.3) is 11.8 Å². The number of hydrogen-bond acceptors (Lipinski definition) is 6. The third kappa shape index (κ3) is 4.99. The number of carbonyl (C=O) groups is 5. The van der Waals surface area contributed by atoms with Crippen molar-refractivity contribution in [1.82, 2.24) is 20.9 Å². The minimum absolute atomic E-state index is 0.0179. The molecule has 10 nitrogen and oxygen atoms in total. The van der Waals surface area contributed by atoms with E-state index >= 15 is 0 Å². The summed E-state index contributed by atoms with van der Waals surface area (Å²) in [5.41, 5.74) is -0.955. The molecule has 1 aliphatic heterocycles. The van der Waals surface area contributed by atoms with E-state index in [-0.39, 0.29) is 5.92 Å². The Bertz CT molecular complexity index is 652. The molecule has 156 valence electrons. The molecule has 1 saturated heterocycles. The maximum absolute atomic E-state index is 12.8. The first-order valence-electron chi connectivity index (χ1n) is 9.67. The van der Waals surface area contributed by atoms with Crippen LogP contribution in [0.1, 0.15) is 52.4 Å². The van der Waals surface area contributed by atoms with Crippen LogP contribution in [0.15, 0.2) is 0 Å². The van der Waals surface area contributed by atoms with Gasteiger partial charge in [-0.05, 0) is 25.2 Å². The highest BCUT2D eigenvalue weighted by molar-refractivity contribution is 6.09. The van der Waals surface area contributed by atoms with Crippen LogP contribution in [-0.2, 0) is 19.1 Å². The van der Waals surface area contributed by atoms with Gasteiger partial charge in [0.2, 0.25) is 0 Å². The average Bonchev–Trinajstić information content (AvgIpc) is 2.88. The van der Waals surface area contributed by atoms with E-state index in [4.69, 9.17) is 4.74 Å². The summed E-state index contributed by atoms with van der Waals surface area (Å²) in [7, 11) is 0. The van der Waals surface area contributed by atoms with E-state index in [0.29, 0.717) is 13.0 Å². The highest BCUT2D eigenvalue weighted by Gasteiger charge is 2.55. The lowest BCUT2D eigenvalue weighted by Crippen LogP contribution is -2.54. The SMILES string of the molecule is CCCCNC(=O)NC(=O)COC(=O)CN1C(=O)NC2(CCCCC2C)C1=O. The molecule has 10 heteroatoms. The second kappa shape index (κ2) is 9.52. The van der Waals surface area contributed by atoms with Gasteiger partial charge in [-0.1, -0.05) is 33.1 Å². The summed E-state index contributed by atoms with van der Waals surface area (Å²) in [4.78, 5) is 60.8. The number of amides is 6. The van der Waals surface area contributed by atoms with E-state index < -0.39 is 48.5 Å². The fourth-order valence-corrected chi connectivity index (χ4v) is 3.55. The molecule has 28 heavy (non-hydrogen) atoms. The zero-order valence-corrected chi connectivity index (χ0v) is 16.3. The lowest BCUT2D eigenvalue weighted by Gasteiger charge is -2.36. The van der Waals surface area contributed by atoms with Crippen LogP contribution in [0.3, 0.4) is 0 Å². The van der Waals surface area contributed by atoms with E-state index in [1.807, 2.05) is 19.2 Å². The van der Waals surface area contributed by atoms with E-state index in [2.05, 4.69) is 10.6 Å². The molecule has 2 unspecified atom stereocenters. The Morgan fingerprint density at radius 1 is 1.29 bits per heavy atom. The first kappa shape index (κ1) is 21.6. The lowest BCUT2D eigenvalue weighted by atomic mass is 9.73. The van der Waals surface area contributed by atoms with Crippen LogP contribution in [-0.4, -0.2) is 60.0 Å². The number of unbranched alkanes of at least 4 members (excludes halogenated alkanes) is 1. The van der Waals surface area contributed by atoms with Gasteiger partial charge in [-0.25, -0.2) is 9.59 Å². The minimum Gasteiger partial charge on any atom is -0.454 e. The number of hydrogen-bond donors (Lipinski definition) is 3. The van der Waals surface area contributed by atoms with Gasteiger partial charge in [0.1, 0.15) is 12.1 Å². The molecule has 6 amide bonds. The van der Waals surface area contributed by atoms with Crippen molar-refractivity contribution in [2.75, 3.05) is 19.7 Å². The molecule has 2 fully saturated rings. The summed E-state index contributed by atoms with van der Waals surface area (Å²) in [5, 5.41) is 7.26. The molecule has 2 atom stereocenters. The second-order valence-corrected chi connectivity index (χ2v) is 7.26. The first-order chi connectivity index (χ1) is 13.3. The molecule has 1 aliphatic carbocycles. The maximum Gasteiger partial charge on any atom is 0.326 e. The lowest BCUT2D eigenvalue weighted by molar-refractivity contribution is -0.151. The predicted molar refractivity (Wildman–Crippen MR) is 98.0 cm³/mol. The van der Waals surface area contributed by atoms with Crippen molar-refractivity contribution in [3.63, 3.8) is 0 Å². The largest absolute Gasteiger partial charge is 0.454 e. The molecule has 3 N–H and O–H groups in total. The van der Waals surface area contributed by atoms with Crippen LogP contribution in [0.2, 0.25) is 0 Å². The molecular formula is C18H28N4O6. The van der Waals surface area contributed by atoms with Crippen LogP contribution < -0.4 is 16.0 Å². The molecule has 1 heterocycles. The Morgan fingerprint density at radius 3 is 2.71 bits per heavy atom. The zero-order chi connectivity index (χ0) is 20.7. The van der Waals surface area contributed by atoms with E-state index in [9.17, 15) is 24.0 Å². The maximum atomic E-state index is 12.8. The predicted octanol–water partition coefficient (Wildman–Crippen LogP) is 0.656. The molecule has 0 aromatic rings. The normalized spacial score (nSPS) is 24.1. The molecule has 1 spiro atoms. The van der Waals surface area contributed by atoms with Crippen molar-refractivity contribution in [3.8, 4) is 0 Å². The topological polar surface area (TPSA) is 134 Å². The van der Waals surface area contributed by atoms with Gasteiger partial charge in [-0.2, -0.15) is 0 Å². The Hall–Kier alpha value is -2.65. The quantitative estimate of drug-likeness (QED) is 0.329. The van der Waals surface area contributed by atoms with Gasteiger partial charge in [0, 0.05) is 6.54 Å². The van der Waals surface area contributed by atoms with Gasteiger partial charge in [0.15, 0.2) is 6.61 Å². The summed E-state index contributed by atoms with van der Waals surface area (Å²) in [5.74, 6) is -2.14. The van der Waals surface area contributed by atoms with Gasteiger partial charge in [-0.15, -0.1) is 0 Å². The number of ether oxygens (including phenoxy) is 1. The number of rotatable bonds is 7. The zero-order valence-electron chi connectivity index (χ0n) is 16.3. The third-order valence-corrected chi connectivity index (χ3v) is 5.22. The molecule has 2 aliphatic rings. The number of carbonyl (C=O) groups excluding carboxylic acids is 5. The van der Waals surface area contributed by atoms with Crippen molar-refractivity contribution < 1.29 is 28.7 Å². The highest BCUT2D eigenvalue weighted by Crippen LogP contribution is 2.38. The van der Waals surface area contributed by atoms with Gasteiger partial charge in [-0.3, -0.25) is 24.6 Å². The fourth-order valence-electron chi connectivity index (χ4n) is 3.55. The second-order valence-electron chi connectivity index (χ2n) is 7.26. The number of imide groups is 2. The van der Waals surface area contributed by atoms with Gasteiger partial charge in [0.05, 0.1) is 0 Å². The third-order valence-electron chi connectivity index (χ3n) is 5.22. The molecule has 1 saturated carbocycles. The minimum atomic E-state index is -0.955. The Balaban J connectivity index is 1.79.